The summed E-state index contributed by atoms with van der Waals surface area (Å²) in [4.78, 5) is 5.21. The summed E-state index contributed by atoms with van der Waals surface area (Å²) in [6, 6.07) is 14.7. The number of furan rings is 1. The van der Waals surface area contributed by atoms with Crippen molar-refractivity contribution in [1.29, 1.82) is 0 Å². The molecule has 0 saturated heterocycles. The third kappa shape index (κ3) is 6.13. The second-order valence-corrected chi connectivity index (χ2v) is 9.40. The molecule has 2 aromatic heterocycles. The van der Waals surface area contributed by atoms with Crippen molar-refractivity contribution in [3.8, 4) is 22.6 Å². The SMILES string of the molecule is COCCN=c1scc(-c2ccc(Br)cc2)n1/N=C/c1ccc(-c2ccc(Cl)c(C(F)(F)F)c2)o1. The number of alkyl halides is 3. The van der Waals surface area contributed by atoms with Gasteiger partial charge in [-0.25, -0.2) is 4.68 Å². The van der Waals surface area contributed by atoms with Crippen LogP contribution < -0.4 is 4.80 Å². The highest BCUT2D eigenvalue weighted by Gasteiger charge is 2.33. The predicted molar refractivity (Wildman–Crippen MR) is 135 cm³/mol. The fraction of sp³-hybridized carbons (Fsp3) is 0.167. The Kier molecular flexibility index (Phi) is 7.95. The molecular formula is C24H18BrClF3N3O2S. The Morgan fingerprint density at radius 1 is 1.11 bits per heavy atom. The van der Waals surface area contributed by atoms with Crippen molar-refractivity contribution in [1.82, 2.24) is 4.68 Å². The summed E-state index contributed by atoms with van der Waals surface area (Å²) in [5.74, 6) is 0.633. The maximum Gasteiger partial charge on any atom is 0.417 e. The Morgan fingerprint density at radius 2 is 1.86 bits per heavy atom. The first kappa shape index (κ1) is 25.4. The van der Waals surface area contributed by atoms with Crippen LogP contribution in [-0.4, -0.2) is 31.2 Å². The lowest BCUT2D eigenvalue weighted by Crippen LogP contribution is -2.13. The van der Waals surface area contributed by atoms with Gasteiger partial charge in [0.15, 0.2) is 0 Å². The minimum Gasteiger partial charge on any atom is -0.455 e. The zero-order valence-corrected chi connectivity index (χ0v) is 21.4. The van der Waals surface area contributed by atoms with Crippen molar-refractivity contribution in [2.45, 2.75) is 6.18 Å². The molecule has 0 aliphatic heterocycles. The molecule has 4 aromatic rings. The molecule has 35 heavy (non-hydrogen) atoms. The van der Waals surface area contributed by atoms with E-state index in [9.17, 15) is 13.2 Å². The van der Waals surface area contributed by atoms with Crippen molar-refractivity contribution >= 4 is 45.1 Å². The summed E-state index contributed by atoms with van der Waals surface area (Å²) in [5.41, 5.74) is 1.11. The third-order valence-electron chi connectivity index (χ3n) is 4.85. The van der Waals surface area contributed by atoms with E-state index in [-0.39, 0.29) is 16.3 Å². The van der Waals surface area contributed by atoms with E-state index in [4.69, 9.17) is 20.8 Å². The largest absolute Gasteiger partial charge is 0.455 e. The third-order valence-corrected chi connectivity index (χ3v) is 6.56. The van der Waals surface area contributed by atoms with E-state index < -0.39 is 11.7 Å². The fourth-order valence-corrected chi connectivity index (χ4v) is 4.51. The topological polar surface area (TPSA) is 52.0 Å². The molecule has 0 N–H and O–H groups in total. The average Bonchev–Trinajstić information content (AvgIpc) is 3.45. The maximum absolute atomic E-state index is 13.2. The molecule has 2 heterocycles. The molecular weight excluding hydrogens is 567 g/mol. The van der Waals surface area contributed by atoms with Crippen LogP contribution >= 0.6 is 38.9 Å². The van der Waals surface area contributed by atoms with E-state index in [0.29, 0.717) is 23.7 Å². The number of rotatable bonds is 7. The van der Waals surface area contributed by atoms with Crippen molar-refractivity contribution in [2.75, 3.05) is 20.3 Å². The molecule has 0 spiro atoms. The molecule has 11 heteroatoms. The van der Waals surface area contributed by atoms with Gasteiger partial charge in [0.05, 0.1) is 35.6 Å². The average molecular weight is 585 g/mol. The van der Waals surface area contributed by atoms with Gasteiger partial charge in [-0.2, -0.15) is 18.3 Å². The van der Waals surface area contributed by atoms with Crippen LogP contribution in [0.3, 0.4) is 0 Å². The lowest BCUT2D eigenvalue weighted by atomic mass is 10.1. The monoisotopic (exact) mass is 583 g/mol. The summed E-state index contributed by atoms with van der Waals surface area (Å²) in [6.45, 7) is 0.938. The van der Waals surface area contributed by atoms with Gasteiger partial charge < -0.3 is 9.15 Å². The van der Waals surface area contributed by atoms with Crippen LogP contribution in [0.15, 0.2) is 79.0 Å². The number of benzene rings is 2. The highest BCUT2D eigenvalue weighted by Crippen LogP contribution is 2.37. The first-order valence-corrected chi connectivity index (χ1v) is 12.3. The molecule has 0 unspecified atom stereocenters. The number of methoxy groups -OCH3 is 1. The summed E-state index contributed by atoms with van der Waals surface area (Å²) in [5, 5.41) is 6.14. The van der Waals surface area contributed by atoms with E-state index in [1.54, 1.807) is 23.9 Å². The zero-order valence-electron chi connectivity index (χ0n) is 18.2. The Morgan fingerprint density at radius 3 is 2.57 bits per heavy atom. The van der Waals surface area contributed by atoms with Gasteiger partial charge >= 0.3 is 6.18 Å². The van der Waals surface area contributed by atoms with Gasteiger partial charge in [-0.05, 0) is 42.5 Å². The number of aromatic nitrogens is 1. The van der Waals surface area contributed by atoms with E-state index in [1.807, 2.05) is 29.6 Å². The zero-order chi connectivity index (χ0) is 25.0. The Balaban J connectivity index is 1.67. The van der Waals surface area contributed by atoms with Crippen molar-refractivity contribution in [3.63, 3.8) is 0 Å². The minimum atomic E-state index is -4.56. The lowest BCUT2D eigenvalue weighted by Gasteiger charge is -2.09. The summed E-state index contributed by atoms with van der Waals surface area (Å²) < 4.78 is 53.1. The van der Waals surface area contributed by atoms with Crippen molar-refractivity contribution in [3.05, 3.63) is 85.6 Å². The number of halogens is 5. The predicted octanol–water partition coefficient (Wildman–Crippen LogP) is 7.34. The standard InChI is InChI=1S/C24H18BrClF3N3O2S/c1-33-11-10-30-23-32(21(14-35-23)15-2-5-17(25)6-3-15)31-13-18-7-9-22(34-18)16-4-8-20(26)19(12-16)24(27,28)29/h2-9,12-14H,10-11H2,1H3/b30-23?,31-13+. The second kappa shape index (κ2) is 10.9. The molecule has 0 atom stereocenters. The molecule has 2 aromatic carbocycles. The van der Waals surface area contributed by atoms with Gasteiger partial charge in [0, 0.05) is 28.1 Å². The van der Waals surface area contributed by atoms with Crippen LogP contribution in [0.2, 0.25) is 5.02 Å². The highest BCUT2D eigenvalue weighted by atomic mass is 79.9. The fourth-order valence-electron chi connectivity index (χ4n) is 3.16. The molecule has 0 saturated carbocycles. The van der Waals surface area contributed by atoms with Crippen LogP contribution in [0, 0.1) is 0 Å². The Hall–Kier alpha value is -2.66. The second-order valence-electron chi connectivity index (χ2n) is 7.24. The van der Waals surface area contributed by atoms with Crippen LogP contribution in [0.25, 0.3) is 22.6 Å². The van der Waals surface area contributed by atoms with E-state index in [0.717, 1.165) is 21.8 Å². The van der Waals surface area contributed by atoms with Gasteiger partial charge in [0.2, 0.25) is 4.80 Å². The molecule has 0 amide bonds. The molecule has 0 bridgehead atoms. The minimum absolute atomic E-state index is 0.260. The van der Waals surface area contributed by atoms with Gasteiger partial charge in [-0.15, -0.1) is 11.3 Å². The van der Waals surface area contributed by atoms with Gasteiger partial charge in [-0.1, -0.05) is 39.7 Å². The number of hydrogen-bond acceptors (Lipinski definition) is 5. The summed E-state index contributed by atoms with van der Waals surface area (Å²) in [7, 11) is 1.61. The first-order chi connectivity index (χ1) is 16.8. The number of hydrogen-bond donors (Lipinski definition) is 0. The van der Waals surface area contributed by atoms with Gasteiger partial charge in [-0.3, -0.25) is 4.99 Å². The Bertz CT molecular complexity index is 1410. The lowest BCUT2D eigenvalue weighted by molar-refractivity contribution is -0.137. The molecule has 182 valence electrons. The quantitative estimate of drug-likeness (QED) is 0.169. The van der Waals surface area contributed by atoms with E-state index in [1.165, 1.54) is 29.7 Å². The van der Waals surface area contributed by atoms with Crippen molar-refractivity contribution in [2.24, 2.45) is 10.1 Å². The van der Waals surface area contributed by atoms with Crippen LogP contribution in [0.4, 0.5) is 13.2 Å². The molecule has 0 aliphatic rings. The van der Waals surface area contributed by atoms with Gasteiger partial charge in [0.1, 0.15) is 11.5 Å². The number of thiazole rings is 1. The van der Waals surface area contributed by atoms with Crippen molar-refractivity contribution < 1.29 is 22.3 Å². The summed E-state index contributed by atoms with van der Waals surface area (Å²) >= 11 is 10.6. The molecule has 0 aliphatic carbocycles. The molecule has 5 nitrogen and oxygen atoms in total. The molecule has 0 fully saturated rings. The van der Waals surface area contributed by atoms with Crippen LogP contribution in [0.1, 0.15) is 11.3 Å². The smallest absolute Gasteiger partial charge is 0.417 e. The van der Waals surface area contributed by atoms with E-state index in [2.05, 4.69) is 26.0 Å². The normalized spacial score (nSPS) is 12.7. The number of ether oxygens (including phenoxy) is 1. The molecule has 0 radical (unpaired) electrons. The van der Waals surface area contributed by atoms with E-state index >= 15 is 0 Å². The maximum atomic E-state index is 13.2. The summed E-state index contributed by atoms with van der Waals surface area (Å²) in [6.07, 6.45) is -3.07. The molecule has 4 rings (SSSR count). The van der Waals surface area contributed by atoms with Crippen LogP contribution in [0.5, 0.6) is 0 Å². The highest BCUT2D eigenvalue weighted by molar-refractivity contribution is 9.10. The first-order valence-electron chi connectivity index (χ1n) is 10.2. The Labute approximate surface area is 216 Å². The van der Waals surface area contributed by atoms with Gasteiger partial charge in [0.25, 0.3) is 0 Å². The van der Waals surface area contributed by atoms with Crippen LogP contribution in [-0.2, 0) is 10.9 Å². The number of nitrogens with zero attached hydrogens (tertiary/aromatic N) is 3.